The number of carbonyl (C=O) groups excluding carboxylic acids is 1. The maximum Gasteiger partial charge on any atom is 0.260 e. The largest absolute Gasteiger partial charge is 0.494 e. The summed E-state index contributed by atoms with van der Waals surface area (Å²) in [5.74, 6) is 0.939. The predicted molar refractivity (Wildman–Crippen MR) is 111 cm³/mol. The Morgan fingerprint density at radius 2 is 1.79 bits per heavy atom. The smallest absolute Gasteiger partial charge is 0.260 e. The molecule has 0 aliphatic carbocycles. The zero-order valence-electron chi connectivity index (χ0n) is 16.1. The molecule has 1 fully saturated rings. The molecule has 8 heteroatoms. The van der Waals surface area contributed by atoms with Crippen LogP contribution in [0.5, 0.6) is 11.5 Å². The van der Waals surface area contributed by atoms with Gasteiger partial charge in [-0.05, 0) is 49.4 Å². The molecule has 1 aliphatic heterocycles. The van der Waals surface area contributed by atoms with Crippen LogP contribution in [0.2, 0.25) is 0 Å². The molecule has 0 N–H and O–H groups in total. The van der Waals surface area contributed by atoms with Crippen LogP contribution in [-0.4, -0.2) is 55.2 Å². The third kappa shape index (κ3) is 4.59. The van der Waals surface area contributed by atoms with E-state index in [0.717, 1.165) is 34.2 Å². The van der Waals surface area contributed by atoms with E-state index in [9.17, 15) is 9.18 Å². The molecule has 1 amide bonds. The van der Waals surface area contributed by atoms with Gasteiger partial charge in [-0.2, -0.15) is 0 Å². The summed E-state index contributed by atoms with van der Waals surface area (Å²) in [5, 5.41) is 0.961. The van der Waals surface area contributed by atoms with Gasteiger partial charge in [-0.1, -0.05) is 11.3 Å². The fraction of sp³-hybridized carbons (Fsp3) is 0.333. The Bertz CT molecular complexity index is 985. The van der Waals surface area contributed by atoms with E-state index < -0.39 is 0 Å². The van der Waals surface area contributed by atoms with Crippen LogP contribution < -0.4 is 14.4 Å². The van der Waals surface area contributed by atoms with Gasteiger partial charge in [0.25, 0.3) is 5.91 Å². The van der Waals surface area contributed by atoms with Crippen molar-refractivity contribution in [2.24, 2.45) is 0 Å². The Kier molecular flexibility index (Phi) is 5.80. The summed E-state index contributed by atoms with van der Waals surface area (Å²) in [5.41, 5.74) is 0.958. The summed E-state index contributed by atoms with van der Waals surface area (Å²) in [4.78, 5) is 21.1. The molecule has 1 aromatic heterocycles. The summed E-state index contributed by atoms with van der Waals surface area (Å²) in [6, 6.07) is 11.6. The van der Waals surface area contributed by atoms with Crippen molar-refractivity contribution in [1.29, 1.82) is 0 Å². The summed E-state index contributed by atoms with van der Waals surface area (Å²) < 4.78 is 25.0. The third-order valence-electron chi connectivity index (χ3n) is 4.74. The highest BCUT2D eigenvalue weighted by Crippen LogP contribution is 2.32. The molecule has 1 saturated heterocycles. The van der Waals surface area contributed by atoms with E-state index in [1.807, 2.05) is 25.1 Å². The minimum atomic E-state index is -0.330. The molecule has 1 aliphatic rings. The van der Waals surface area contributed by atoms with Crippen LogP contribution >= 0.6 is 11.3 Å². The van der Waals surface area contributed by atoms with E-state index in [2.05, 4.69) is 4.90 Å². The Hall–Kier alpha value is -2.87. The number of fused-ring (bicyclic) bond motifs is 1. The molecule has 2 aromatic carbocycles. The second-order valence-corrected chi connectivity index (χ2v) is 7.68. The van der Waals surface area contributed by atoms with Gasteiger partial charge in [0.1, 0.15) is 17.3 Å². The number of anilines is 1. The molecular weight excluding hydrogens is 393 g/mol. The highest BCUT2D eigenvalue weighted by molar-refractivity contribution is 7.22. The van der Waals surface area contributed by atoms with E-state index in [1.54, 1.807) is 16.2 Å². The van der Waals surface area contributed by atoms with Crippen LogP contribution in [0.25, 0.3) is 10.2 Å². The van der Waals surface area contributed by atoms with E-state index >= 15 is 0 Å². The summed E-state index contributed by atoms with van der Waals surface area (Å²) in [7, 11) is 0. The molecule has 0 bridgehead atoms. The lowest BCUT2D eigenvalue weighted by Crippen LogP contribution is -2.50. The molecule has 0 saturated carbocycles. The number of amides is 1. The first-order valence-corrected chi connectivity index (χ1v) is 10.4. The SMILES string of the molecule is CCOc1ccc2nc(N3CCN(C(=O)COc4ccc(F)cc4)CC3)sc2c1. The zero-order chi connectivity index (χ0) is 20.2. The standard InChI is InChI=1S/C21H22FN3O3S/c1-2-27-17-7-8-18-19(13-17)29-21(23-18)25-11-9-24(10-12-25)20(26)14-28-16-5-3-15(22)4-6-16/h3-8,13H,2,9-12,14H2,1H3. The fourth-order valence-electron chi connectivity index (χ4n) is 3.20. The number of hydrogen-bond donors (Lipinski definition) is 0. The second-order valence-electron chi connectivity index (χ2n) is 6.67. The lowest BCUT2D eigenvalue weighted by Gasteiger charge is -2.34. The predicted octanol–water partition coefficient (Wildman–Crippen LogP) is 3.56. The van der Waals surface area contributed by atoms with Gasteiger partial charge in [-0.25, -0.2) is 9.37 Å². The summed E-state index contributed by atoms with van der Waals surface area (Å²) in [6.45, 7) is 5.23. The molecule has 2 heterocycles. The van der Waals surface area contributed by atoms with E-state index in [0.29, 0.717) is 25.4 Å². The zero-order valence-corrected chi connectivity index (χ0v) is 17.0. The molecule has 0 radical (unpaired) electrons. The Morgan fingerprint density at radius 1 is 1.07 bits per heavy atom. The van der Waals surface area contributed by atoms with Crippen molar-refractivity contribution in [3.05, 3.63) is 48.3 Å². The number of rotatable bonds is 6. The average Bonchev–Trinajstić information content (AvgIpc) is 3.17. The summed E-state index contributed by atoms with van der Waals surface area (Å²) in [6.07, 6.45) is 0. The summed E-state index contributed by atoms with van der Waals surface area (Å²) >= 11 is 1.64. The van der Waals surface area contributed by atoms with Crippen LogP contribution in [0.15, 0.2) is 42.5 Å². The number of piperazine rings is 1. The van der Waals surface area contributed by atoms with Gasteiger partial charge in [-0.3, -0.25) is 4.79 Å². The van der Waals surface area contributed by atoms with Crippen molar-refractivity contribution in [2.45, 2.75) is 6.92 Å². The van der Waals surface area contributed by atoms with Crippen LogP contribution in [0.3, 0.4) is 0 Å². The normalized spacial score (nSPS) is 14.3. The van der Waals surface area contributed by atoms with Gasteiger partial charge in [-0.15, -0.1) is 0 Å². The highest BCUT2D eigenvalue weighted by Gasteiger charge is 2.23. The van der Waals surface area contributed by atoms with Crippen LogP contribution in [-0.2, 0) is 4.79 Å². The lowest BCUT2D eigenvalue weighted by atomic mass is 10.3. The number of carbonyl (C=O) groups is 1. The number of halogens is 1. The Labute approximate surface area is 172 Å². The van der Waals surface area contributed by atoms with Crippen molar-refractivity contribution < 1.29 is 18.7 Å². The maximum atomic E-state index is 12.9. The third-order valence-corrected chi connectivity index (χ3v) is 5.82. The van der Waals surface area contributed by atoms with Gasteiger partial charge >= 0.3 is 0 Å². The highest BCUT2D eigenvalue weighted by atomic mass is 32.1. The maximum absolute atomic E-state index is 12.9. The first-order valence-electron chi connectivity index (χ1n) is 9.57. The first-order chi connectivity index (χ1) is 14.1. The molecule has 0 unspecified atom stereocenters. The molecule has 3 aromatic rings. The molecule has 152 valence electrons. The number of aromatic nitrogens is 1. The Morgan fingerprint density at radius 3 is 2.52 bits per heavy atom. The number of benzene rings is 2. The average molecular weight is 415 g/mol. The van der Waals surface area contributed by atoms with Crippen molar-refractivity contribution in [3.8, 4) is 11.5 Å². The van der Waals surface area contributed by atoms with Gasteiger partial charge in [0.2, 0.25) is 0 Å². The van der Waals surface area contributed by atoms with Crippen molar-refractivity contribution in [1.82, 2.24) is 9.88 Å². The second kappa shape index (κ2) is 8.65. The molecule has 4 rings (SSSR count). The minimum absolute atomic E-state index is 0.0486. The van der Waals surface area contributed by atoms with Crippen molar-refractivity contribution >= 4 is 32.6 Å². The van der Waals surface area contributed by atoms with Crippen LogP contribution in [0, 0.1) is 5.82 Å². The number of nitrogens with zero attached hydrogens (tertiary/aromatic N) is 3. The molecule has 6 nitrogen and oxygen atoms in total. The van der Waals surface area contributed by atoms with Gasteiger partial charge in [0.15, 0.2) is 11.7 Å². The van der Waals surface area contributed by atoms with E-state index in [-0.39, 0.29) is 18.3 Å². The van der Waals surface area contributed by atoms with Crippen molar-refractivity contribution in [3.63, 3.8) is 0 Å². The van der Waals surface area contributed by atoms with Gasteiger partial charge < -0.3 is 19.3 Å². The molecular formula is C21H22FN3O3S. The minimum Gasteiger partial charge on any atom is -0.494 e. The lowest BCUT2D eigenvalue weighted by molar-refractivity contribution is -0.133. The van der Waals surface area contributed by atoms with Gasteiger partial charge in [0.05, 0.1) is 16.8 Å². The van der Waals surface area contributed by atoms with Crippen LogP contribution in [0.1, 0.15) is 6.92 Å². The fourth-order valence-corrected chi connectivity index (χ4v) is 4.24. The topological polar surface area (TPSA) is 54.9 Å². The first kappa shape index (κ1) is 19.4. The van der Waals surface area contributed by atoms with E-state index in [4.69, 9.17) is 14.5 Å². The monoisotopic (exact) mass is 415 g/mol. The number of hydrogen-bond acceptors (Lipinski definition) is 6. The number of thiazole rings is 1. The molecule has 29 heavy (non-hydrogen) atoms. The number of ether oxygens (including phenoxy) is 2. The van der Waals surface area contributed by atoms with Crippen molar-refractivity contribution in [2.75, 3.05) is 44.3 Å². The Balaban J connectivity index is 1.32. The molecule has 0 spiro atoms. The quantitative estimate of drug-likeness (QED) is 0.616. The van der Waals surface area contributed by atoms with Crippen LogP contribution in [0.4, 0.5) is 9.52 Å². The molecule has 0 atom stereocenters. The van der Waals surface area contributed by atoms with Gasteiger partial charge in [0, 0.05) is 26.2 Å². The van der Waals surface area contributed by atoms with E-state index in [1.165, 1.54) is 24.3 Å².